The Balaban J connectivity index is 2.26. The lowest BCUT2D eigenvalue weighted by atomic mass is 10.2. The summed E-state index contributed by atoms with van der Waals surface area (Å²) in [6.45, 7) is 0. The van der Waals surface area contributed by atoms with Gasteiger partial charge in [-0.1, -0.05) is 6.07 Å². The topological polar surface area (TPSA) is 37.6 Å². The molecule has 1 atom stereocenters. The third-order valence-corrected chi connectivity index (χ3v) is 1.87. The predicted octanol–water partition coefficient (Wildman–Crippen LogP) is 2.82. The Labute approximate surface area is 83.4 Å². The van der Waals surface area contributed by atoms with Crippen LogP contribution in [0, 0.1) is 0 Å². The average molecular weight is 213 g/mol. The van der Waals surface area contributed by atoms with Crippen molar-refractivity contribution in [1.82, 2.24) is 4.98 Å². The van der Waals surface area contributed by atoms with Crippen LogP contribution in [0.15, 0.2) is 40.7 Å². The van der Waals surface area contributed by atoms with Crippen molar-refractivity contribution < 1.29 is 13.2 Å². The van der Waals surface area contributed by atoms with Gasteiger partial charge < -0.3 is 0 Å². The lowest BCUT2D eigenvalue weighted by Gasteiger charge is -2.06. The van der Waals surface area contributed by atoms with Crippen molar-refractivity contribution in [1.29, 1.82) is 0 Å². The predicted molar refractivity (Wildman–Crippen MR) is 46.9 cm³/mol. The molecular formula is C9H6F3N3. The summed E-state index contributed by atoms with van der Waals surface area (Å²) in [6, 6.07) is 3.11. The Morgan fingerprint density at radius 1 is 1.20 bits per heavy atom. The first-order chi connectivity index (χ1) is 7.07. The number of halogens is 3. The molecule has 15 heavy (non-hydrogen) atoms. The molecule has 0 radical (unpaired) electrons. The maximum atomic E-state index is 12.2. The van der Waals surface area contributed by atoms with Gasteiger partial charge in [0.1, 0.15) is 5.70 Å². The summed E-state index contributed by atoms with van der Waals surface area (Å²) in [5, 5.41) is 6.59. The molecule has 1 aromatic heterocycles. The first kappa shape index (κ1) is 9.82. The fourth-order valence-corrected chi connectivity index (χ4v) is 1.15. The van der Waals surface area contributed by atoms with E-state index in [0.717, 1.165) is 6.08 Å². The molecule has 1 aliphatic rings. The molecule has 0 spiro atoms. The van der Waals surface area contributed by atoms with Crippen molar-refractivity contribution in [3.8, 4) is 0 Å². The summed E-state index contributed by atoms with van der Waals surface area (Å²) in [5.74, 6) is 0. The molecule has 78 valence electrons. The maximum Gasteiger partial charge on any atom is 0.416 e. The van der Waals surface area contributed by atoms with Gasteiger partial charge in [-0.3, -0.25) is 4.98 Å². The first-order valence-corrected chi connectivity index (χ1v) is 4.18. The van der Waals surface area contributed by atoms with Gasteiger partial charge in [-0.15, -0.1) is 0 Å². The van der Waals surface area contributed by atoms with E-state index in [1.54, 1.807) is 18.2 Å². The van der Waals surface area contributed by atoms with Crippen LogP contribution in [-0.2, 0) is 0 Å². The Hall–Kier alpha value is -1.72. The van der Waals surface area contributed by atoms with Crippen LogP contribution < -0.4 is 0 Å². The molecule has 1 aliphatic heterocycles. The second-order valence-corrected chi connectivity index (χ2v) is 2.97. The van der Waals surface area contributed by atoms with E-state index >= 15 is 0 Å². The van der Waals surface area contributed by atoms with Gasteiger partial charge in [-0.2, -0.15) is 23.4 Å². The zero-order valence-corrected chi connectivity index (χ0v) is 7.44. The van der Waals surface area contributed by atoms with Gasteiger partial charge in [0.2, 0.25) is 0 Å². The molecule has 0 amide bonds. The van der Waals surface area contributed by atoms with Crippen LogP contribution >= 0.6 is 0 Å². The van der Waals surface area contributed by atoms with Crippen LogP contribution in [0.5, 0.6) is 0 Å². The van der Waals surface area contributed by atoms with Crippen molar-refractivity contribution in [3.63, 3.8) is 0 Å². The zero-order chi connectivity index (χ0) is 10.9. The van der Waals surface area contributed by atoms with Crippen molar-refractivity contribution in [2.45, 2.75) is 12.2 Å². The molecule has 2 heterocycles. The molecule has 0 saturated carbocycles. The van der Waals surface area contributed by atoms with Crippen molar-refractivity contribution in [3.05, 3.63) is 36.2 Å². The third-order valence-electron chi connectivity index (χ3n) is 1.87. The van der Waals surface area contributed by atoms with E-state index < -0.39 is 12.2 Å². The lowest BCUT2D eigenvalue weighted by molar-refractivity contribution is -0.136. The highest BCUT2D eigenvalue weighted by Gasteiger charge is 2.41. The molecule has 0 bridgehead atoms. The number of hydrogen-bond acceptors (Lipinski definition) is 3. The van der Waals surface area contributed by atoms with E-state index in [-0.39, 0.29) is 5.70 Å². The van der Waals surface area contributed by atoms with Gasteiger partial charge in [0.15, 0.2) is 6.04 Å². The molecule has 1 unspecified atom stereocenters. The van der Waals surface area contributed by atoms with Gasteiger partial charge in [-0.25, -0.2) is 0 Å². The van der Waals surface area contributed by atoms with Crippen LogP contribution in [0.4, 0.5) is 13.2 Å². The molecule has 0 fully saturated rings. The number of alkyl halides is 3. The van der Waals surface area contributed by atoms with Crippen LogP contribution in [0.2, 0.25) is 0 Å². The average Bonchev–Trinajstić information content (AvgIpc) is 2.67. The molecule has 6 heteroatoms. The van der Waals surface area contributed by atoms with Gasteiger partial charge >= 0.3 is 6.18 Å². The Bertz CT molecular complexity index is 408. The third kappa shape index (κ3) is 2.03. The van der Waals surface area contributed by atoms with E-state index in [1.807, 2.05) is 0 Å². The highest BCUT2D eigenvalue weighted by atomic mass is 19.4. The van der Waals surface area contributed by atoms with Gasteiger partial charge in [-0.05, 0) is 18.2 Å². The number of azo groups is 1. The number of nitrogens with zero attached hydrogens (tertiary/aromatic N) is 3. The summed E-state index contributed by atoms with van der Waals surface area (Å²) < 4.78 is 36.7. The normalized spacial score (nSPS) is 20.5. The number of hydrogen-bond donors (Lipinski definition) is 0. The van der Waals surface area contributed by atoms with Crippen LogP contribution in [-0.4, -0.2) is 17.2 Å². The Kier molecular flexibility index (Phi) is 2.26. The second kappa shape index (κ2) is 3.45. The van der Waals surface area contributed by atoms with Crippen LogP contribution in [0.1, 0.15) is 5.69 Å². The van der Waals surface area contributed by atoms with E-state index in [0.29, 0.717) is 5.69 Å². The molecular weight excluding hydrogens is 207 g/mol. The SMILES string of the molecule is FC(F)(F)C1C=C(c2ccccn2)N=N1. The molecule has 1 aromatic rings. The molecule has 0 N–H and O–H groups in total. The fourth-order valence-electron chi connectivity index (χ4n) is 1.15. The van der Waals surface area contributed by atoms with E-state index in [4.69, 9.17) is 0 Å². The van der Waals surface area contributed by atoms with Crippen molar-refractivity contribution in [2.24, 2.45) is 10.2 Å². The summed E-state index contributed by atoms with van der Waals surface area (Å²) in [5.41, 5.74) is 0.561. The lowest BCUT2D eigenvalue weighted by Crippen LogP contribution is -2.23. The quantitative estimate of drug-likeness (QED) is 0.706. The molecule has 3 nitrogen and oxygen atoms in total. The second-order valence-electron chi connectivity index (χ2n) is 2.97. The standard InChI is InChI=1S/C9H6F3N3/c10-9(11,12)8-5-7(14-15-8)6-3-1-2-4-13-6/h1-5,8H. The largest absolute Gasteiger partial charge is 0.416 e. The van der Waals surface area contributed by atoms with Gasteiger partial charge in [0.25, 0.3) is 0 Å². The van der Waals surface area contributed by atoms with E-state index in [1.165, 1.54) is 6.20 Å². The number of pyridine rings is 1. The van der Waals surface area contributed by atoms with Gasteiger partial charge in [0, 0.05) is 6.20 Å². The first-order valence-electron chi connectivity index (χ1n) is 4.18. The zero-order valence-electron chi connectivity index (χ0n) is 7.44. The summed E-state index contributed by atoms with van der Waals surface area (Å²) >= 11 is 0. The summed E-state index contributed by atoms with van der Waals surface area (Å²) in [7, 11) is 0. The summed E-state index contributed by atoms with van der Waals surface area (Å²) in [6.07, 6.45) is -1.92. The van der Waals surface area contributed by atoms with Crippen molar-refractivity contribution in [2.75, 3.05) is 0 Å². The van der Waals surface area contributed by atoms with Crippen molar-refractivity contribution >= 4 is 5.70 Å². The minimum atomic E-state index is -4.37. The molecule has 0 aromatic carbocycles. The monoisotopic (exact) mass is 213 g/mol. The van der Waals surface area contributed by atoms with Crippen LogP contribution in [0.3, 0.4) is 0 Å². The number of rotatable bonds is 1. The molecule has 0 aliphatic carbocycles. The Morgan fingerprint density at radius 2 is 2.00 bits per heavy atom. The number of aromatic nitrogens is 1. The maximum absolute atomic E-state index is 12.2. The van der Waals surface area contributed by atoms with Crippen LogP contribution in [0.25, 0.3) is 5.70 Å². The van der Waals surface area contributed by atoms with E-state index in [2.05, 4.69) is 15.2 Å². The fraction of sp³-hybridized carbons (Fsp3) is 0.222. The minimum absolute atomic E-state index is 0.165. The Morgan fingerprint density at radius 3 is 2.53 bits per heavy atom. The highest BCUT2D eigenvalue weighted by molar-refractivity contribution is 5.63. The summed E-state index contributed by atoms with van der Waals surface area (Å²) in [4.78, 5) is 3.89. The van der Waals surface area contributed by atoms with E-state index in [9.17, 15) is 13.2 Å². The smallest absolute Gasteiger partial charge is 0.255 e. The van der Waals surface area contributed by atoms with Gasteiger partial charge in [0.05, 0.1) is 5.69 Å². The highest BCUT2D eigenvalue weighted by Crippen LogP contribution is 2.31. The molecule has 0 saturated heterocycles. The molecule has 2 rings (SSSR count). The minimum Gasteiger partial charge on any atom is -0.255 e.